The summed E-state index contributed by atoms with van der Waals surface area (Å²) in [6.45, 7) is 0. The van der Waals surface area contributed by atoms with E-state index in [2.05, 4.69) is 12.8 Å². The van der Waals surface area contributed by atoms with Gasteiger partial charge in [0.25, 0.3) is 0 Å². The molecule has 3 nitrogen and oxygen atoms in total. The first-order valence-electron chi connectivity index (χ1n) is 3.05. The number of primary sulfonamides is 1. The lowest BCUT2D eigenvalue weighted by atomic mass is 10.4. The fourth-order valence-electron chi connectivity index (χ4n) is 0.732. The third-order valence-corrected chi connectivity index (χ3v) is 3.80. The zero-order valence-corrected chi connectivity index (χ0v) is 8.40. The van der Waals surface area contributed by atoms with Crippen molar-refractivity contribution in [3.8, 4) is 0 Å². The molecule has 0 unspecified atom stereocenters. The van der Waals surface area contributed by atoms with Gasteiger partial charge in [-0.3, -0.25) is 0 Å². The van der Waals surface area contributed by atoms with Crippen molar-refractivity contribution in [1.29, 1.82) is 0 Å². The Bertz CT molecular complexity index is 377. The van der Waals surface area contributed by atoms with Crippen LogP contribution in [0.3, 0.4) is 0 Å². The minimum atomic E-state index is -3.42. The number of hydrogen-bond acceptors (Lipinski definition) is 3. The van der Waals surface area contributed by atoms with Crippen LogP contribution in [-0.2, 0) is 10.0 Å². The van der Waals surface area contributed by atoms with Gasteiger partial charge in [0.15, 0.2) is 0 Å². The molecule has 0 atom stereocenters. The summed E-state index contributed by atoms with van der Waals surface area (Å²) in [7, 11) is -3.42. The first kappa shape index (κ1) is 9.85. The quantitative estimate of drug-likeness (QED) is 0.717. The smallest absolute Gasteiger partial charge is 0.178 e. The highest BCUT2D eigenvalue weighted by molar-refractivity contribution is 7.92. The molecule has 0 saturated carbocycles. The summed E-state index contributed by atoms with van der Waals surface area (Å²) in [6.07, 6.45) is 0. The van der Waals surface area contributed by atoms with E-state index in [9.17, 15) is 8.42 Å². The largest absolute Gasteiger partial charge is 0.336 e. The van der Waals surface area contributed by atoms with E-state index >= 15 is 0 Å². The van der Waals surface area contributed by atoms with E-state index in [1.807, 2.05) is 0 Å². The summed E-state index contributed by atoms with van der Waals surface area (Å²) in [5.74, 6) is 0. The van der Waals surface area contributed by atoms with Crippen LogP contribution in [0.2, 0.25) is 5.02 Å². The Labute approximate surface area is 81.3 Å². The second kappa shape index (κ2) is 3.66. The lowest BCUT2D eigenvalue weighted by Crippen LogP contribution is -2.76. The Morgan fingerprint density at radius 3 is 2.42 bits per heavy atom. The van der Waals surface area contributed by atoms with Crippen LogP contribution >= 0.6 is 24.4 Å². The Morgan fingerprint density at radius 2 is 1.92 bits per heavy atom. The minimum Gasteiger partial charge on any atom is -0.178 e. The Hall–Kier alpha value is -0.230. The van der Waals surface area contributed by atoms with Crippen LogP contribution in [0.5, 0.6) is 0 Å². The number of quaternary nitrogens is 1. The molecule has 2 N–H and O–H groups in total. The van der Waals surface area contributed by atoms with Crippen molar-refractivity contribution in [3.63, 3.8) is 0 Å². The summed E-state index contributed by atoms with van der Waals surface area (Å²) >= 11 is 9.24. The molecule has 1 aromatic rings. The fourth-order valence-corrected chi connectivity index (χ4v) is 2.25. The molecule has 0 heterocycles. The third kappa shape index (κ3) is 1.92. The van der Waals surface area contributed by atoms with Gasteiger partial charge in [-0.2, -0.15) is 12.5 Å². The fraction of sp³-hybridized carbons (Fsp3) is 0. The van der Waals surface area contributed by atoms with Crippen LogP contribution in [0.1, 0.15) is 0 Å². The first-order valence-corrected chi connectivity index (χ1v) is 5.49. The highest BCUT2D eigenvalue weighted by Gasteiger charge is 2.18. The summed E-state index contributed by atoms with van der Waals surface area (Å²) in [5.41, 5.74) is 0. The first-order chi connectivity index (χ1) is 5.58. The second-order valence-corrected chi connectivity index (χ2v) is 4.86. The van der Waals surface area contributed by atoms with Crippen LogP contribution in [-0.4, -0.2) is 8.42 Å². The Balaban J connectivity index is 3.30. The van der Waals surface area contributed by atoms with Crippen LogP contribution in [0.4, 0.5) is 0 Å². The molecule has 0 radical (unpaired) electrons. The van der Waals surface area contributed by atoms with E-state index in [0.29, 0.717) is 0 Å². The van der Waals surface area contributed by atoms with Gasteiger partial charge in [-0.25, -0.2) is 0 Å². The molecule has 0 aliphatic heterocycles. The number of nitrogens with two attached hydrogens (primary N) is 1. The molecule has 6 heteroatoms. The molecule has 0 saturated heterocycles. The number of sulfonamides is 1. The van der Waals surface area contributed by atoms with Gasteiger partial charge in [0.05, 0.1) is 17.8 Å². The highest BCUT2D eigenvalue weighted by Crippen LogP contribution is 2.17. The summed E-state index contributed by atoms with van der Waals surface area (Å²) in [5, 5.41) is 0.211. The second-order valence-electron chi connectivity index (χ2n) is 2.08. The van der Waals surface area contributed by atoms with Gasteiger partial charge < -0.3 is 0 Å². The molecular formula is C6H7ClNO2S2+. The zero-order chi connectivity index (χ0) is 9.19. The summed E-state index contributed by atoms with van der Waals surface area (Å²) in [6, 6.07) is 6.23. The van der Waals surface area contributed by atoms with Gasteiger partial charge in [0.2, 0.25) is 0 Å². The van der Waals surface area contributed by atoms with Gasteiger partial charge in [-0.05, 0) is 12.1 Å². The van der Waals surface area contributed by atoms with Gasteiger partial charge >= 0.3 is 10.0 Å². The van der Waals surface area contributed by atoms with Crippen molar-refractivity contribution in [2.75, 3.05) is 0 Å². The molecule has 0 aliphatic rings. The van der Waals surface area contributed by atoms with Crippen molar-refractivity contribution in [2.45, 2.75) is 4.90 Å². The summed E-state index contributed by atoms with van der Waals surface area (Å²) < 4.78 is 23.2. The molecule has 0 aliphatic carbocycles. The van der Waals surface area contributed by atoms with Crippen molar-refractivity contribution < 1.29 is 12.5 Å². The van der Waals surface area contributed by atoms with Gasteiger partial charge in [0, 0.05) is 0 Å². The summed E-state index contributed by atoms with van der Waals surface area (Å²) in [4.78, 5) is 0.0849. The maximum absolute atomic E-state index is 11.2. The molecule has 12 heavy (non-hydrogen) atoms. The van der Waals surface area contributed by atoms with Crippen LogP contribution in [0.15, 0.2) is 29.2 Å². The highest BCUT2D eigenvalue weighted by atomic mass is 35.5. The number of halogens is 1. The predicted octanol–water partition coefficient (Wildman–Crippen LogP) is 0.437. The van der Waals surface area contributed by atoms with Crippen LogP contribution in [0.25, 0.3) is 0 Å². The van der Waals surface area contributed by atoms with E-state index in [1.165, 1.54) is 12.1 Å². The Kier molecular flexibility index (Phi) is 3.00. The average molecular weight is 225 g/mol. The zero-order valence-electron chi connectivity index (χ0n) is 5.94. The average Bonchev–Trinajstić information content (AvgIpc) is 2.05. The molecular weight excluding hydrogens is 218 g/mol. The van der Waals surface area contributed by atoms with Gasteiger partial charge in [0.1, 0.15) is 4.90 Å². The molecule has 1 aromatic carbocycles. The number of hydrogen-bond donors (Lipinski definition) is 2. The van der Waals surface area contributed by atoms with Gasteiger partial charge in [-0.1, -0.05) is 23.7 Å². The van der Waals surface area contributed by atoms with Crippen LogP contribution in [0, 0.1) is 0 Å². The van der Waals surface area contributed by atoms with Crippen LogP contribution < -0.4 is 4.13 Å². The van der Waals surface area contributed by atoms with E-state index in [1.54, 1.807) is 12.1 Å². The standard InChI is InChI=1S/C6H6ClNO2S2/c7-5-3-1-2-4-6(5)12(9,10)8-11/h1-4,8,11H/p+1. The molecule has 66 valence electrons. The number of rotatable bonds is 2. The topological polar surface area (TPSA) is 50.8 Å². The maximum Gasteiger partial charge on any atom is 0.336 e. The normalized spacial score (nSPS) is 11.5. The molecule has 0 fully saturated rings. The Morgan fingerprint density at radius 1 is 1.33 bits per heavy atom. The number of thiol groups is 1. The molecule has 1 rings (SSSR count). The van der Waals surface area contributed by atoms with Crippen molar-refractivity contribution in [3.05, 3.63) is 29.3 Å². The van der Waals surface area contributed by atoms with Crippen molar-refractivity contribution in [2.24, 2.45) is 0 Å². The lowest BCUT2D eigenvalue weighted by molar-refractivity contribution is -0.285. The predicted molar refractivity (Wildman–Crippen MR) is 49.5 cm³/mol. The van der Waals surface area contributed by atoms with E-state index in [4.69, 9.17) is 11.6 Å². The molecule has 0 aromatic heterocycles. The van der Waals surface area contributed by atoms with Crippen molar-refractivity contribution in [1.82, 2.24) is 0 Å². The number of benzene rings is 1. The molecule has 0 amide bonds. The third-order valence-electron chi connectivity index (χ3n) is 1.28. The van der Waals surface area contributed by atoms with Gasteiger partial charge in [-0.15, -0.1) is 0 Å². The molecule has 0 spiro atoms. The maximum atomic E-state index is 11.2. The van der Waals surface area contributed by atoms with Crippen molar-refractivity contribution >= 4 is 34.4 Å². The van der Waals surface area contributed by atoms with E-state index in [0.717, 1.165) is 4.13 Å². The minimum absolute atomic E-state index is 0.0849. The van der Waals surface area contributed by atoms with E-state index in [-0.39, 0.29) is 9.92 Å². The molecule has 0 bridgehead atoms. The van der Waals surface area contributed by atoms with E-state index < -0.39 is 10.0 Å². The monoisotopic (exact) mass is 224 g/mol. The SMILES string of the molecule is O=S(=O)([NH2+]S)c1ccccc1Cl. The lowest BCUT2D eigenvalue weighted by Gasteiger charge is -1.98.